The molecular formula is C44H26N4O2. The maximum absolute atomic E-state index is 6.00. The second-order valence-electron chi connectivity index (χ2n) is 12.4. The molecule has 0 aliphatic rings. The van der Waals surface area contributed by atoms with E-state index in [0.717, 1.165) is 94.1 Å². The molecule has 10 aromatic rings. The lowest BCUT2D eigenvalue weighted by Crippen LogP contribution is -1.92. The number of pyridine rings is 2. The Labute approximate surface area is 286 Å². The third-order valence-electron chi connectivity index (χ3n) is 9.35. The molecular weight excluding hydrogens is 617 g/mol. The molecule has 0 bridgehead atoms. The van der Waals surface area contributed by atoms with Crippen molar-refractivity contribution in [3.63, 3.8) is 0 Å². The SMILES string of the molecule is c1cc(-c2cccc(-c3nccc(-c4cccc(-c5ccc6oc7cnccc7c6c5)c4)n3)c2)cc(-c2ccc3oc4cnccc4c3c2)c1. The third-order valence-corrected chi connectivity index (χ3v) is 9.35. The van der Waals surface area contributed by atoms with E-state index in [1.807, 2.05) is 36.5 Å². The molecule has 0 aliphatic carbocycles. The summed E-state index contributed by atoms with van der Waals surface area (Å²) in [7, 11) is 0. The van der Waals surface area contributed by atoms with Crippen molar-refractivity contribution in [3.05, 3.63) is 158 Å². The molecule has 0 N–H and O–H groups in total. The number of benzene rings is 5. The topological polar surface area (TPSA) is 77.8 Å². The molecule has 0 saturated carbocycles. The Bertz CT molecular complexity index is 2710. The minimum atomic E-state index is 0.678. The summed E-state index contributed by atoms with van der Waals surface area (Å²) in [5.74, 6) is 0.678. The maximum Gasteiger partial charge on any atom is 0.159 e. The van der Waals surface area contributed by atoms with Gasteiger partial charge in [0, 0.05) is 51.3 Å². The van der Waals surface area contributed by atoms with Crippen LogP contribution >= 0.6 is 0 Å². The summed E-state index contributed by atoms with van der Waals surface area (Å²) in [6.07, 6.45) is 8.96. The van der Waals surface area contributed by atoms with Crippen molar-refractivity contribution in [2.75, 3.05) is 0 Å². The van der Waals surface area contributed by atoms with Crippen LogP contribution in [0.4, 0.5) is 0 Å². The van der Waals surface area contributed by atoms with Gasteiger partial charge in [0.05, 0.1) is 18.1 Å². The van der Waals surface area contributed by atoms with E-state index in [1.54, 1.807) is 24.8 Å². The third kappa shape index (κ3) is 4.81. The van der Waals surface area contributed by atoms with Crippen LogP contribution in [0.25, 0.3) is 99.9 Å². The molecule has 0 saturated heterocycles. The van der Waals surface area contributed by atoms with Crippen molar-refractivity contribution in [3.8, 4) is 56.0 Å². The summed E-state index contributed by atoms with van der Waals surface area (Å²) < 4.78 is 12.0. The Kier molecular flexibility index (Phi) is 6.39. The van der Waals surface area contributed by atoms with Gasteiger partial charge in [-0.1, -0.05) is 66.7 Å². The van der Waals surface area contributed by atoms with E-state index in [0.29, 0.717) is 5.82 Å². The van der Waals surface area contributed by atoms with Crippen molar-refractivity contribution >= 4 is 43.9 Å². The highest BCUT2D eigenvalue weighted by Gasteiger charge is 2.12. The van der Waals surface area contributed by atoms with Gasteiger partial charge in [-0.3, -0.25) is 9.97 Å². The first-order valence-electron chi connectivity index (χ1n) is 16.4. The van der Waals surface area contributed by atoms with E-state index >= 15 is 0 Å². The van der Waals surface area contributed by atoms with Crippen molar-refractivity contribution in [2.45, 2.75) is 0 Å². The van der Waals surface area contributed by atoms with E-state index in [2.05, 4.69) is 112 Å². The van der Waals surface area contributed by atoms with Gasteiger partial charge in [-0.15, -0.1) is 0 Å². The van der Waals surface area contributed by atoms with Crippen LogP contribution in [0.2, 0.25) is 0 Å². The predicted molar refractivity (Wildman–Crippen MR) is 199 cm³/mol. The first-order chi connectivity index (χ1) is 24.7. The van der Waals surface area contributed by atoms with Gasteiger partial charge in [0.1, 0.15) is 11.2 Å². The summed E-state index contributed by atoms with van der Waals surface area (Å²) in [6.45, 7) is 0. The molecule has 0 unspecified atom stereocenters. The van der Waals surface area contributed by atoms with Gasteiger partial charge >= 0.3 is 0 Å². The highest BCUT2D eigenvalue weighted by molar-refractivity contribution is 6.07. The minimum absolute atomic E-state index is 0.678. The second kappa shape index (κ2) is 11.4. The molecule has 5 aromatic heterocycles. The van der Waals surface area contributed by atoms with Gasteiger partial charge in [0.2, 0.25) is 0 Å². The molecule has 0 amide bonds. The lowest BCUT2D eigenvalue weighted by atomic mass is 9.97. The van der Waals surface area contributed by atoms with Crippen molar-refractivity contribution in [2.24, 2.45) is 0 Å². The quantitative estimate of drug-likeness (QED) is 0.186. The van der Waals surface area contributed by atoms with Crippen LogP contribution in [0.15, 0.2) is 167 Å². The van der Waals surface area contributed by atoms with E-state index in [9.17, 15) is 0 Å². The fraction of sp³-hybridized carbons (Fsp3) is 0. The lowest BCUT2D eigenvalue weighted by molar-refractivity contribution is 0.666. The molecule has 10 rings (SSSR count). The Morgan fingerprint density at radius 1 is 0.360 bits per heavy atom. The highest BCUT2D eigenvalue weighted by Crippen LogP contribution is 2.36. The summed E-state index contributed by atoms with van der Waals surface area (Å²) >= 11 is 0. The smallest absolute Gasteiger partial charge is 0.159 e. The summed E-state index contributed by atoms with van der Waals surface area (Å²) in [4.78, 5) is 18.1. The molecule has 0 atom stereocenters. The fourth-order valence-electron chi connectivity index (χ4n) is 6.86. The Morgan fingerprint density at radius 2 is 0.840 bits per heavy atom. The fourth-order valence-corrected chi connectivity index (χ4v) is 6.86. The number of fused-ring (bicyclic) bond motifs is 6. The van der Waals surface area contributed by atoms with Crippen molar-refractivity contribution in [1.29, 1.82) is 0 Å². The summed E-state index contributed by atoms with van der Waals surface area (Å²) in [5.41, 5.74) is 12.8. The van der Waals surface area contributed by atoms with Gasteiger partial charge in [-0.25, -0.2) is 9.97 Å². The number of furan rings is 2. The molecule has 0 aliphatic heterocycles. The largest absolute Gasteiger partial charge is 0.454 e. The molecule has 6 heteroatoms. The molecule has 0 fully saturated rings. The Balaban J connectivity index is 0.968. The van der Waals surface area contributed by atoms with E-state index in [1.165, 1.54) is 0 Å². The van der Waals surface area contributed by atoms with Gasteiger partial charge in [-0.2, -0.15) is 0 Å². The molecule has 5 aromatic carbocycles. The van der Waals surface area contributed by atoms with Crippen LogP contribution in [0, 0.1) is 0 Å². The van der Waals surface area contributed by atoms with Crippen LogP contribution in [0.3, 0.4) is 0 Å². The van der Waals surface area contributed by atoms with E-state index in [-0.39, 0.29) is 0 Å². The van der Waals surface area contributed by atoms with Gasteiger partial charge in [0.15, 0.2) is 17.0 Å². The molecule has 0 spiro atoms. The van der Waals surface area contributed by atoms with Gasteiger partial charge in [-0.05, 0) is 94.0 Å². The number of hydrogen-bond donors (Lipinski definition) is 0. The number of rotatable bonds is 5. The maximum atomic E-state index is 6.00. The molecule has 234 valence electrons. The summed E-state index contributed by atoms with van der Waals surface area (Å²) in [5, 5.41) is 4.28. The van der Waals surface area contributed by atoms with Gasteiger partial charge < -0.3 is 8.83 Å². The Morgan fingerprint density at radius 3 is 1.42 bits per heavy atom. The monoisotopic (exact) mass is 642 g/mol. The average molecular weight is 643 g/mol. The first-order valence-corrected chi connectivity index (χ1v) is 16.4. The lowest BCUT2D eigenvalue weighted by Gasteiger charge is -2.10. The molecule has 0 radical (unpaired) electrons. The van der Waals surface area contributed by atoms with E-state index in [4.69, 9.17) is 13.8 Å². The number of nitrogens with zero attached hydrogens (tertiary/aromatic N) is 4. The molecule has 50 heavy (non-hydrogen) atoms. The molecule has 5 heterocycles. The van der Waals surface area contributed by atoms with Crippen molar-refractivity contribution in [1.82, 2.24) is 19.9 Å². The van der Waals surface area contributed by atoms with Crippen LogP contribution in [-0.2, 0) is 0 Å². The van der Waals surface area contributed by atoms with Crippen LogP contribution < -0.4 is 0 Å². The van der Waals surface area contributed by atoms with Crippen LogP contribution in [0.1, 0.15) is 0 Å². The number of hydrogen-bond acceptors (Lipinski definition) is 6. The van der Waals surface area contributed by atoms with Crippen LogP contribution in [-0.4, -0.2) is 19.9 Å². The zero-order chi connectivity index (χ0) is 33.0. The molecule has 6 nitrogen and oxygen atoms in total. The first kappa shape index (κ1) is 28.1. The number of aromatic nitrogens is 4. The predicted octanol–water partition coefficient (Wildman–Crippen LogP) is 11.4. The second-order valence-corrected chi connectivity index (χ2v) is 12.4. The van der Waals surface area contributed by atoms with Gasteiger partial charge in [0.25, 0.3) is 0 Å². The zero-order valence-corrected chi connectivity index (χ0v) is 26.6. The highest BCUT2D eigenvalue weighted by atomic mass is 16.3. The van der Waals surface area contributed by atoms with Crippen molar-refractivity contribution < 1.29 is 8.83 Å². The Hall–Kier alpha value is -6.92. The minimum Gasteiger partial charge on any atom is -0.454 e. The normalized spacial score (nSPS) is 11.6. The zero-order valence-electron chi connectivity index (χ0n) is 26.6. The average Bonchev–Trinajstić information content (AvgIpc) is 3.76. The summed E-state index contributed by atoms with van der Waals surface area (Å²) in [6, 6.07) is 44.1. The van der Waals surface area contributed by atoms with Crippen LogP contribution in [0.5, 0.6) is 0 Å². The standard InChI is InChI=1S/C44H26N4O2/c1-4-27(20-28(5-1)31-10-12-40-37(23-31)35-14-17-45-25-42(35)49-40)30-7-3-9-34(22-30)44-47-19-16-39(48-44)33-8-2-6-29(21-33)32-11-13-41-38(24-32)36-15-18-46-26-43(36)50-41/h1-26H. The van der Waals surface area contributed by atoms with E-state index < -0.39 is 0 Å².